The van der Waals surface area contributed by atoms with Crippen LogP contribution in [0.1, 0.15) is 39.0 Å². The largest absolute Gasteiger partial charge is 0.359 e. The molecule has 2 nitrogen and oxygen atoms in total. The van der Waals surface area contributed by atoms with Gasteiger partial charge < -0.3 is 5.32 Å². The summed E-state index contributed by atoms with van der Waals surface area (Å²) in [6, 6.07) is 11.1. The monoisotopic (exact) mass is 344 g/mol. The Bertz CT molecular complexity index is 331. The predicted octanol–water partition coefficient (Wildman–Crippen LogP) is 4.13. The number of hydrogen-bond acceptors (Lipinski definition) is 2. The standard InChI is InChI=1S/C14H21IN2/c1-14(15,16-12-8-4-2-5-9-12)17-13-10-6-3-7-11-13/h2,4-5,8-9,13,16-17H,3,6-7,10-11H2,1H3. The zero-order chi connectivity index (χ0) is 12.1. The highest BCUT2D eigenvalue weighted by atomic mass is 127. The van der Waals surface area contributed by atoms with E-state index in [4.69, 9.17) is 0 Å². The fourth-order valence-corrected chi connectivity index (χ4v) is 3.21. The van der Waals surface area contributed by atoms with Gasteiger partial charge in [0.05, 0.1) is 0 Å². The first-order chi connectivity index (χ1) is 8.16. The summed E-state index contributed by atoms with van der Waals surface area (Å²) in [6.07, 6.45) is 6.78. The van der Waals surface area contributed by atoms with Crippen LogP contribution in [0.2, 0.25) is 0 Å². The van der Waals surface area contributed by atoms with Crippen LogP contribution < -0.4 is 10.6 Å². The van der Waals surface area contributed by atoms with Crippen molar-refractivity contribution in [2.45, 2.75) is 48.7 Å². The first-order valence-corrected chi connectivity index (χ1v) is 7.53. The summed E-state index contributed by atoms with van der Waals surface area (Å²) in [6.45, 7) is 2.20. The Morgan fingerprint density at radius 2 is 1.76 bits per heavy atom. The van der Waals surface area contributed by atoms with Gasteiger partial charge in [-0.15, -0.1) is 0 Å². The van der Waals surface area contributed by atoms with Crippen molar-refractivity contribution in [3.8, 4) is 0 Å². The highest BCUT2D eigenvalue weighted by molar-refractivity contribution is 14.1. The lowest BCUT2D eigenvalue weighted by atomic mass is 9.95. The number of hydrogen-bond donors (Lipinski definition) is 2. The number of alkyl halides is 1. The van der Waals surface area contributed by atoms with Gasteiger partial charge in [0.15, 0.2) is 0 Å². The van der Waals surface area contributed by atoms with Crippen LogP contribution in [0.3, 0.4) is 0 Å². The highest BCUT2D eigenvalue weighted by Crippen LogP contribution is 2.24. The number of anilines is 1. The minimum Gasteiger partial charge on any atom is -0.359 e. The maximum Gasteiger partial charge on any atom is 0.139 e. The maximum absolute atomic E-state index is 3.72. The van der Waals surface area contributed by atoms with Gasteiger partial charge in [-0.3, -0.25) is 5.32 Å². The molecule has 1 aliphatic carbocycles. The van der Waals surface area contributed by atoms with Gasteiger partial charge in [0.25, 0.3) is 0 Å². The lowest BCUT2D eigenvalue weighted by molar-refractivity contribution is 0.349. The molecule has 1 atom stereocenters. The Labute approximate surface area is 118 Å². The number of halogens is 1. The second-order valence-corrected chi connectivity index (χ2v) is 7.13. The Balaban J connectivity index is 1.89. The first kappa shape index (κ1) is 13.1. The van der Waals surface area contributed by atoms with Crippen molar-refractivity contribution in [2.75, 3.05) is 5.32 Å². The average Bonchev–Trinajstić information content (AvgIpc) is 2.30. The average molecular weight is 344 g/mol. The van der Waals surface area contributed by atoms with Crippen LogP contribution in [-0.2, 0) is 0 Å². The van der Waals surface area contributed by atoms with E-state index in [9.17, 15) is 0 Å². The molecule has 1 aromatic carbocycles. The zero-order valence-corrected chi connectivity index (χ0v) is 12.5. The third kappa shape index (κ3) is 4.47. The lowest BCUT2D eigenvalue weighted by Gasteiger charge is -2.33. The Morgan fingerprint density at radius 1 is 1.12 bits per heavy atom. The normalized spacial score (nSPS) is 20.8. The highest BCUT2D eigenvalue weighted by Gasteiger charge is 2.24. The summed E-state index contributed by atoms with van der Waals surface area (Å²) in [7, 11) is 0. The van der Waals surface area contributed by atoms with Crippen molar-refractivity contribution < 1.29 is 0 Å². The second kappa shape index (κ2) is 6.05. The van der Waals surface area contributed by atoms with Gasteiger partial charge in [-0.2, -0.15) is 0 Å². The molecule has 0 aliphatic heterocycles. The molecule has 0 bridgehead atoms. The topological polar surface area (TPSA) is 24.1 Å². The Hall–Kier alpha value is -0.290. The molecular weight excluding hydrogens is 323 g/mol. The fraction of sp³-hybridized carbons (Fsp3) is 0.571. The van der Waals surface area contributed by atoms with E-state index in [1.54, 1.807) is 0 Å². The zero-order valence-electron chi connectivity index (χ0n) is 10.4. The molecule has 2 rings (SSSR count). The predicted molar refractivity (Wildman–Crippen MR) is 82.5 cm³/mol. The van der Waals surface area contributed by atoms with Crippen LogP contribution in [0.25, 0.3) is 0 Å². The van der Waals surface area contributed by atoms with E-state index >= 15 is 0 Å². The van der Waals surface area contributed by atoms with Crippen molar-refractivity contribution in [1.82, 2.24) is 5.32 Å². The van der Waals surface area contributed by atoms with Gasteiger partial charge in [-0.25, -0.2) is 0 Å². The van der Waals surface area contributed by atoms with E-state index in [0.717, 1.165) is 0 Å². The van der Waals surface area contributed by atoms with Gasteiger partial charge in [0.1, 0.15) is 3.67 Å². The molecule has 0 amide bonds. The van der Waals surface area contributed by atoms with Crippen LogP contribution in [0.5, 0.6) is 0 Å². The lowest BCUT2D eigenvalue weighted by Crippen LogP contribution is -2.49. The van der Waals surface area contributed by atoms with Crippen molar-refractivity contribution in [3.63, 3.8) is 0 Å². The van der Waals surface area contributed by atoms with Gasteiger partial charge in [0.2, 0.25) is 0 Å². The smallest absolute Gasteiger partial charge is 0.139 e. The number of para-hydroxylation sites is 1. The maximum atomic E-state index is 3.72. The van der Waals surface area contributed by atoms with Crippen LogP contribution >= 0.6 is 22.6 Å². The minimum atomic E-state index is -0.0683. The van der Waals surface area contributed by atoms with E-state index < -0.39 is 0 Å². The molecule has 0 heterocycles. The van der Waals surface area contributed by atoms with Gasteiger partial charge in [0, 0.05) is 11.7 Å². The molecule has 1 aliphatic rings. The summed E-state index contributed by atoms with van der Waals surface area (Å²) in [5.41, 5.74) is 1.17. The molecule has 3 heteroatoms. The van der Waals surface area contributed by atoms with Crippen molar-refractivity contribution in [1.29, 1.82) is 0 Å². The van der Waals surface area contributed by atoms with E-state index in [2.05, 4.69) is 64.4 Å². The third-order valence-electron chi connectivity index (χ3n) is 3.23. The molecule has 2 N–H and O–H groups in total. The summed E-state index contributed by atoms with van der Waals surface area (Å²) >= 11 is 2.46. The Kier molecular flexibility index (Phi) is 4.68. The fourth-order valence-electron chi connectivity index (χ4n) is 2.46. The number of nitrogens with one attached hydrogen (secondary N) is 2. The molecule has 1 fully saturated rings. The van der Waals surface area contributed by atoms with Crippen LogP contribution in [0.15, 0.2) is 30.3 Å². The molecule has 0 spiro atoms. The van der Waals surface area contributed by atoms with Gasteiger partial charge in [-0.05, 0) is 54.5 Å². The van der Waals surface area contributed by atoms with Crippen molar-refractivity contribution >= 4 is 28.3 Å². The molecule has 17 heavy (non-hydrogen) atoms. The van der Waals surface area contributed by atoms with E-state index in [-0.39, 0.29) is 3.67 Å². The van der Waals surface area contributed by atoms with E-state index in [1.165, 1.54) is 37.8 Å². The van der Waals surface area contributed by atoms with Crippen LogP contribution in [-0.4, -0.2) is 9.71 Å². The summed E-state index contributed by atoms with van der Waals surface area (Å²) in [5, 5.41) is 7.26. The van der Waals surface area contributed by atoms with Crippen molar-refractivity contribution in [2.24, 2.45) is 0 Å². The summed E-state index contributed by atoms with van der Waals surface area (Å²) in [5.74, 6) is 0. The van der Waals surface area contributed by atoms with Gasteiger partial charge in [-0.1, -0.05) is 37.5 Å². The van der Waals surface area contributed by atoms with E-state index in [0.29, 0.717) is 6.04 Å². The molecule has 0 aromatic heterocycles. The summed E-state index contributed by atoms with van der Waals surface area (Å²) < 4.78 is -0.0683. The molecule has 1 unspecified atom stereocenters. The molecular formula is C14H21IN2. The molecule has 94 valence electrons. The van der Waals surface area contributed by atoms with Crippen molar-refractivity contribution in [3.05, 3.63) is 30.3 Å². The number of benzene rings is 1. The Morgan fingerprint density at radius 3 is 2.41 bits per heavy atom. The SMILES string of the molecule is CC(I)(Nc1ccccc1)NC1CCCCC1. The molecule has 0 radical (unpaired) electrons. The van der Waals surface area contributed by atoms with E-state index in [1.807, 2.05) is 6.07 Å². The minimum absolute atomic E-state index is 0.0683. The van der Waals surface area contributed by atoms with Gasteiger partial charge >= 0.3 is 0 Å². The second-order valence-electron chi connectivity index (χ2n) is 4.97. The van der Waals surface area contributed by atoms with Crippen LogP contribution in [0.4, 0.5) is 5.69 Å². The third-order valence-corrected chi connectivity index (χ3v) is 3.81. The van der Waals surface area contributed by atoms with Crippen LogP contribution in [0, 0.1) is 0 Å². The molecule has 1 aromatic rings. The molecule has 1 saturated carbocycles. The first-order valence-electron chi connectivity index (χ1n) is 6.45. The quantitative estimate of drug-likeness (QED) is 0.371. The molecule has 0 saturated heterocycles. The number of rotatable bonds is 4. The summed E-state index contributed by atoms with van der Waals surface area (Å²) in [4.78, 5) is 0.